The number of hydrogen-bond acceptors (Lipinski definition) is 12. The number of aromatic nitrogens is 5. The van der Waals surface area contributed by atoms with E-state index in [1.165, 1.54) is 4.31 Å². The number of imide groups is 1. The van der Waals surface area contributed by atoms with Gasteiger partial charge in [-0.3, -0.25) is 29.2 Å². The molecule has 0 aliphatic carbocycles. The number of nitrogens with one attached hydrogen (secondary N) is 5. The molecular formula is C38H39N11O7S. The molecule has 2 aliphatic rings. The third-order valence-corrected chi connectivity index (χ3v) is 11.7. The van der Waals surface area contributed by atoms with Gasteiger partial charge in [-0.1, -0.05) is 12.1 Å². The highest BCUT2D eigenvalue weighted by molar-refractivity contribution is 7.89. The molecule has 1 unspecified atom stereocenters. The summed E-state index contributed by atoms with van der Waals surface area (Å²) in [6.45, 7) is 2.03. The highest BCUT2D eigenvalue weighted by Gasteiger charge is 2.49. The summed E-state index contributed by atoms with van der Waals surface area (Å²) in [5.74, 6) is -0.991. The molecule has 19 heteroatoms. The molecule has 5 aromatic rings. The molecule has 0 bridgehead atoms. The molecule has 2 aliphatic heterocycles. The smallest absolute Gasteiger partial charge is 0.258 e. The minimum atomic E-state index is -3.39. The van der Waals surface area contributed by atoms with Crippen LogP contribution in [-0.4, -0.2) is 99.6 Å². The first-order chi connectivity index (χ1) is 27.5. The summed E-state index contributed by atoms with van der Waals surface area (Å²) in [6, 6.07) is 17.5. The van der Waals surface area contributed by atoms with Crippen LogP contribution in [-0.2, 0) is 29.9 Å². The van der Waals surface area contributed by atoms with Crippen LogP contribution in [0.1, 0.15) is 48.0 Å². The molecule has 18 nitrogen and oxygen atoms in total. The number of rotatable bonds is 15. The van der Waals surface area contributed by atoms with Gasteiger partial charge >= 0.3 is 0 Å². The van der Waals surface area contributed by atoms with Crippen LogP contribution in [0.5, 0.6) is 5.75 Å². The van der Waals surface area contributed by atoms with Crippen LogP contribution in [0.2, 0.25) is 0 Å². The van der Waals surface area contributed by atoms with Crippen LogP contribution in [0, 0.1) is 11.3 Å². The lowest BCUT2D eigenvalue weighted by atomic mass is 9.89. The van der Waals surface area contributed by atoms with Gasteiger partial charge in [-0.05, 0) is 61.4 Å². The van der Waals surface area contributed by atoms with E-state index in [1.807, 2.05) is 6.07 Å². The van der Waals surface area contributed by atoms with Gasteiger partial charge in [-0.25, -0.2) is 13.4 Å². The number of anilines is 2. The topological polar surface area (TPSA) is 246 Å². The van der Waals surface area contributed by atoms with E-state index in [9.17, 15) is 32.9 Å². The molecule has 4 amide bonds. The Morgan fingerprint density at radius 3 is 2.51 bits per heavy atom. The number of fused-ring (bicyclic) bond motifs is 1. The lowest BCUT2D eigenvalue weighted by Crippen LogP contribution is -2.64. The fourth-order valence-electron chi connectivity index (χ4n) is 6.72. The Bertz CT molecular complexity index is 2470. The Morgan fingerprint density at radius 2 is 1.79 bits per heavy atom. The summed E-state index contributed by atoms with van der Waals surface area (Å²) in [4.78, 5) is 61.1. The third-order valence-electron chi connectivity index (χ3n) is 9.89. The fraction of sp³-hybridized carbons (Fsp3) is 0.316. The van der Waals surface area contributed by atoms with E-state index in [4.69, 9.17) is 9.72 Å². The molecule has 2 saturated heterocycles. The van der Waals surface area contributed by atoms with Crippen LogP contribution in [0.3, 0.4) is 0 Å². The number of benzene rings is 2. The average molecular weight is 794 g/mol. The van der Waals surface area contributed by atoms with Crippen molar-refractivity contribution in [3.63, 3.8) is 0 Å². The van der Waals surface area contributed by atoms with Crippen LogP contribution in [0.4, 0.5) is 11.6 Å². The van der Waals surface area contributed by atoms with Crippen molar-refractivity contribution in [1.82, 2.24) is 45.0 Å². The Balaban J connectivity index is 0.896. The first-order valence-corrected chi connectivity index (χ1v) is 19.8. The molecule has 7 rings (SSSR count). The van der Waals surface area contributed by atoms with Crippen molar-refractivity contribution < 1.29 is 32.3 Å². The zero-order chi connectivity index (χ0) is 40.2. The van der Waals surface area contributed by atoms with Gasteiger partial charge in [0.1, 0.15) is 16.9 Å². The number of ether oxygens (including phenoxy) is 1. The predicted molar refractivity (Wildman–Crippen MR) is 206 cm³/mol. The molecule has 294 valence electrons. The van der Waals surface area contributed by atoms with Crippen LogP contribution >= 0.6 is 0 Å². The highest BCUT2D eigenvalue weighted by Crippen LogP contribution is 2.36. The molecule has 57 heavy (non-hydrogen) atoms. The molecule has 2 fully saturated rings. The van der Waals surface area contributed by atoms with Crippen molar-refractivity contribution in [3.05, 3.63) is 84.3 Å². The second-order valence-corrected chi connectivity index (χ2v) is 16.0. The van der Waals surface area contributed by atoms with Crippen molar-refractivity contribution in [3.8, 4) is 23.1 Å². The van der Waals surface area contributed by atoms with E-state index in [1.54, 1.807) is 78.7 Å². The minimum Gasteiger partial charge on any atom is -0.484 e. The molecule has 2 aromatic carbocycles. The SMILES string of the molecule is CCS(=O)(=O)N1CC(CC#N)(n2cc(-c3nc(Nc4ccc(C(=O)NCCNC(=O)COc5ccc(C6CCC(=O)NC6=O)cc5)cc4)nc4[nH]ccc34)cn2)C1. The summed E-state index contributed by atoms with van der Waals surface area (Å²) in [6.07, 6.45) is 5.97. The second kappa shape index (κ2) is 16.2. The molecule has 5 heterocycles. The van der Waals surface area contributed by atoms with Gasteiger partial charge in [0, 0.05) is 67.2 Å². The molecule has 0 saturated carbocycles. The van der Waals surface area contributed by atoms with Gasteiger partial charge in [-0.15, -0.1) is 0 Å². The van der Waals surface area contributed by atoms with Gasteiger partial charge in [0.15, 0.2) is 6.61 Å². The van der Waals surface area contributed by atoms with Crippen LogP contribution in [0.15, 0.2) is 73.2 Å². The maximum Gasteiger partial charge on any atom is 0.258 e. The monoisotopic (exact) mass is 793 g/mol. The number of nitriles is 1. The number of aromatic amines is 1. The number of carbonyl (C=O) groups is 4. The normalized spacial score (nSPS) is 16.6. The maximum absolute atomic E-state index is 12.8. The standard InChI is InChI=1S/C38H39N11O7S/c1-2-57(54,55)48-22-38(23-48,14-15-39)49-20-26(19-43-49)33-30-13-16-41-34(30)47-37(46-33)44-27-7-3-25(4-8-27)35(52)42-18-17-40-32(51)21-56-28-9-5-24(6-10-28)29-11-12-31(50)45-36(29)53/h3-10,13,16,19-20,29H,2,11-12,14,17-18,21-23H2,1H3,(H,40,51)(H,42,52)(H,45,50,53)(H2,41,44,46,47). The van der Waals surface area contributed by atoms with Crippen molar-refractivity contribution in [2.45, 2.75) is 37.6 Å². The number of nitrogens with zero attached hydrogens (tertiary/aromatic N) is 6. The first-order valence-electron chi connectivity index (χ1n) is 18.2. The largest absolute Gasteiger partial charge is 0.484 e. The van der Waals surface area contributed by atoms with Gasteiger partial charge < -0.3 is 25.7 Å². The quantitative estimate of drug-likeness (QED) is 0.0757. The molecule has 3 aromatic heterocycles. The number of carbonyl (C=O) groups excluding carboxylic acids is 4. The average Bonchev–Trinajstić information content (AvgIpc) is 3.88. The van der Waals surface area contributed by atoms with E-state index in [0.29, 0.717) is 40.3 Å². The van der Waals surface area contributed by atoms with Crippen molar-refractivity contribution in [2.24, 2.45) is 0 Å². The molecule has 0 spiro atoms. The fourth-order valence-corrected chi connectivity index (χ4v) is 7.96. The third kappa shape index (κ3) is 8.46. The highest BCUT2D eigenvalue weighted by atomic mass is 32.2. The van der Waals surface area contributed by atoms with Crippen molar-refractivity contribution in [1.29, 1.82) is 5.26 Å². The first kappa shape index (κ1) is 38.6. The Morgan fingerprint density at radius 1 is 1.04 bits per heavy atom. The second-order valence-electron chi connectivity index (χ2n) is 13.7. The Labute approximate surface area is 327 Å². The van der Waals surface area contributed by atoms with Gasteiger partial charge in [0.2, 0.25) is 27.8 Å². The zero-order valence-corrected chi connectivity index (χ0v) is 31.6. The summed E-state index contributed by atoms with van der Waals surface area (Å²) in [5, 5.41) is 25.8. The number of hydrogen-bond donors (Lipinski definition) is 5. The maximum atomic E-state index is 12.8. The lowest BCUT2D eigenvalue weighted by molar-refractivity contribution is -0.134. The Hall–Kier alpha value is -6.65. The molecule has 0 radical (unpaired) electrons. The summed E-state index contributed by atoms with van der Waals surface area (Å²) >= 11 is 0. The van der Waals surface area contributed by atoms with Crippen molar-refractivity contribution in [2.75, 3.05) is 43.9 Å². The van der Waals surface area contributed by atoms with Gasteiger partial charge in [0.25, 0.3) is 11.8 Å². The number of piperidine rings is 1. The van der Waals surface area contributed by atoms with Crippen LogP contribution in [0.25, 0.3) is 22.3 Å². The van der Waals surface area contributed by atoms with E-state index in [2.05, 4.69) is 42.4 Å². The van der Waals surface area contributed by atoms with E-state index in [0.717, 1.165) is 10.9 Å². The number of amides is 4. The molecule has 1 atom stereocenters. The molecular weight excluding hydrogens is 755 g/mol. The van der Waals surface area contributed by atoms with Gasteiger partial charge in [0.05, 0.1) is 36.1 Å². The summed E-state index contributed by atoms with van der Waals surface area (Å²) in [5.41, 5.74) is 2.81. The summed E-state index contributed by atoms with van der Waals surface area (Å²) in [7, 11) is -3.39. The minimum absolute atomic E-state index is 0.0198. The summed E-state index contributed by atoms with van der Waals surface area (Å²) < 4.78 is 33.4. The van der Waals surface area contributed by atoms with Gasteiger partial charge in [-0.2, -0.15) is 19.6 Å². The van der Waals surface area contributed by atoms with E-state index < -0.39 is 21.5 Å². The lowest BCUT2D eigenvalue weighted by Gasteiger charge is -2.47. The van der Waals surface area contributed by atoms with E-state index >= 15 is 0 Å². The Kier molecular flexibility index (Phi) is 11.0. The number of sulfonamides is 1. The predicted octanol–water partition coefficient (Wildman–Crippen LogP) is 2.28. The van der Waals surface area contributed by atoms with Crippen LogP contribution < -0.4 is 26.0 Å². The van der Waals surface area contributed by atoms with Crippen molar-refractivity contribution >= 4 is 56.3 Å². The van der Waals surface area contributed by atoms with E-state index in [-0.39, 0.29) is 81.0 Å². The zero-order valence-electron chi connectivity index (χ0n) is 30.8. The number of H-pyrrole nitrogens is 1. The molecule has 5 N–H and O–H groups in total.